The van der Waals surface area contributed by atoms with Gasteiger partial charge in [0.2, 0.25) is 5.95 Å². The van der Waals surface area contributed by atoms with Gasteiger partial charge in [0.25, 0.3) is 0 Å². The molecule has 0 N–H and O–H groups in total. The minimum absolute atomic E-state index is 0.00932. The third kappa shape index (κ3) is 4.43. The number of anilines is 2. The van der Waals surface area contributed by atoms with Gasteiger partial charge in [-0.3, -0.25) is 0 Å². The van der Waals surface area contributed by atoms with Crippen molar-refractivity contribution in [3.8, 4) is 11.5 Å². The molecule has 0 aliphatic carbocycles. The normalized spacial score (nSPS) is 10.6. The van der Waals surface area contributed by atoms with E-state index in [-0.39, 0.29) is 11.5 Å². The lowest BCUT2D eigenvalue weighted by atomic mass is 10.2. The SMILES string of the molecule is COc1ccc(CN(C)c2ccnc(N(C)C)n2)cc1OC(F)F. The average molecular weight is 338 g/mol. The molecule has 24 heavy (non-hydrogen) atoms. The average Bonchev–Trinajstić information content (AvgIpc) is 2.54. The zero-order valence-corrected chi connectivity index (χ0v) is 14.0. The molecular formula is C16H20F2N4O2. The minimum atomic E-state index is -2.91. The second kappa shape index (κ2) is 7.76. The Kier molecular flexibility index (Phi) is 5.73. The Morgan fingerprint density at radius 3 is 2.50 bits per heavy atom. The molecule has 0 saturated heterocycles. The van der Waals surface area contributed by atoms with E-state index in [1.807, 2.05) is 26.0 Å². The Hall–Kier alpha value is -2.64. The molecule has 2 aromatic rings. The van der Waals surface area contributed by atoms with Crippen LogP contribution in [0.4, 0.5) is 20.5 Å². The molecule has 0 saturated carbocycles. The van der Waals surface area contributed by atoms with Gasteiger partial charge < -0.3 is 19.3 Å². The molecule has 6 nitrogen and oxygen atoms in total. The van der Waals surface area contributed by atoms with E-state index in [4.69, 9.17) is 4.74 Å². The molecule has 0 aliphatic rings. The van der Waals surface area contributed by atoms with Gasteiger partial charge in [0.15, 0.2) is 11.5 Å². The summed E-state index contributed by atoms with van der Waals surface area (Å²) < 4.78 is 34.6. The van der Waals surface area contributed by atoms with Crippen LogP contribution in [0.1, 0.15) is 5.56 Å². The molecule has 2 rings (SSSR count). The van der Waals surface area contributed by atoms with Crippen LogP contribution in [0.15, 0.2) is 30.5 Å². The van der Waals surface area contributed by atoms with E-state index in [2.05, 4.69) is 14.7 Å². The quantitative estimate of drug-likeness (QED) is 0.774. The number of hydrogen-bond donors (Lipinski definition) is 0. The Bertz CT molecular complexity index is 683. The highest BCUT2D eigenvalue weighted by Gasteiger charge is 2.13. The van der Waals surface area contributed by atoms with Crippen LogP contribution in [-0.4, -0.2) is 44.8 Å². The smallest absolute Gasteiger partial charge is 0.387 e. The van der Waals surface area contributed by atoms with Crippen LogP contribution >= 0.6 is 0 Å². The highest BCUT2D eigenvalue weighted by atomic mass is 19.3. The molecule has 0 radical (unpaired) electrons. The van der Waals surface area contributed by atoms with E-state index in [0.29, 0.717) is 12.5 Å². The maximum absolute atomic E-state index is 12.5. The van der Waals surface area contributed by atoms with Crippen LogP contribution in [0.5, 0.6) is 11.5 Å². The van der Waals surface area contributed by atoms with E-state index in [9.17, 15) is 8.78 Å². The molecule has 0 unspecified atom stereocenters. The molecule has 0 bridgehead atoms. The summed E-state index contributed by atoms with van der Waals surface area (Å²) in [5, 5.41) is 0. The van der Waals surface area contributed by atoms with Crippen molar-refractivity contribution >= 4 is 11.8 Å². The number of nitrogens with zero attached hydrogens (tertiary/aromatic N) is 4. The lowest BCUT2D eigenvalue weighted by Crippen LogP contribution is -2.20. The van der Waals surface area contributed by atoms with Gasteiger partial charge >= 0.3 is 6.61 Å². The number of alkyl halides is 2. The van der Waals surface area contributed by atoms with Gasteiger partial charge in [0, 0.05) is 33.9 Å². The van der Waals surface area contributed by atoms with Crippen molar-refractivity contribution in [1.82, 2.24) is 9.97 Å². The topological polar surface area (TPSA) is 50.7 Å². The zero-order valence-electron chi connectivity index (χ0n) is 14.0. The second-order valence-corrected chi connectivity index (χ2v) is 5.33. The van der Waals surface area contributed by atoms with Gasteiger partial charge in [-0.05, 0) is 23.8 Å². The molecule has 0 amide bonds. The van der Waals surface area contributed by atoms with Gasteiger partial charge in [-0.1, -0.05) is 6.07 Å². The number of aromatic nitrogens is 2. The predicted molar refractivity (Wildman–Crippen MR) is 88.1 cm³/mol. The maximum atomic E-state index is 12.5. The third-order valence-electron chi connectivity index (χ3n) is 3.28. The highest BCUT2D eigenvalue weighted by Crippen LogP contribution is 2.30. The predicted octanol–water partition coefficient (Wildman–Crippen LogP) is 2.79. The maximum Gasteiger partial charge on any atom is 0.387 e. The van der Waals surface area contributed by atoms with E-state index < -0.39 is 6.61 Å². The molecule has 0 aliphatic heterocycles. The van der Waals surface area contributed by atoms with Gasteiger partial charge in [-0.25, -0.2) is 4.98 Å². The summed E-state index contributed by atoms with van der Waals surface area (Å²) in [4.78, 5) is 12.3. The van der Waals surface area contributed by atoms with Crippen molar-refractivity contribution in [3.63, 3.8) is 0 Å². The van der Waals surface area contributed by atoms with E-state index in [0.717, 1.165) is 11.4 Å². The first-order valence-electron chi connectivity index (χ1n) is 7.24. The van der Waals surface area contributed by atoms with Crippen LogP contribution < -0.4 is 19.3 Å². The van der Waals surface area contributed by atoms with Crippen LogP contribution in [0.25, 0.3) is 0 Å². The second-order valence-electron chi connectivity index (χ2n) is 5.33. The van der Waals surface area contributed by atoms with Crippen LogP contribution in [-0.2, 0) is 6.54 Å². The number of ether oxygens (including phenoxy) is 2. The number of halogens is 2. The third-order valence-corrected chi connectivity index (χ3v) is 3.28. The van der Waals surface area contributed by atoms with Crippen molar-refractivity contribution in [2.24, 2.45) is 0 Å². The molecule has 8 heteroatoms. The van der Waals surface area contributed by atoms with Crippen LogP contribution in [0.3, 0.4) is 0 Å². The summed E-state index contributed by atoms with van der Waals surface area (Å²) in [6.07, 6.45) is 1.67. The molecule has 1 aromatic carbocycles. The first-order chi connectivity index (χ1) is 11.4. The Morgan fingerprint density at radius 1 is 1.12 bits per heavy atom. The molecule has 1 heterocycles. The summed E-state index contributed by atoms with van der Waals surface area (Å²) in [7, 11) is 6.98. The van der Waals surface area contributed by atoms with Crippen molar-refractivity contribution < 1.29 is 18.3 Å². The number of hydrogen-bond acceptors (Lipinski definition) is 6. The fourth-order valence-corrected chi connectivity index (χ4v) is 2.13. The van der Waals surface area contributed by atoms with Gasteiger partial charge in [-0.15, -0.1) is 0 Å². The van der Waals surface area contributed by atoms with Crippen LogP contribution in [0, 0.1) is 0 Å². The first kappa shape index (κ1) is 17.7. The summed E-state index contributed by atoms with van der Waals surface area (Å²) in [5.74, 6) is 1.59. The largest absolute Gasteiger partial charge is 0.493 e. The fourth-order valence-electron chi connectivity index (χ4n) is 2.13. The van der Waals surface area contributed by atoms with Gasteiger partial charge in [0.1, 0.15) is 5.82 Å². The number of benzene rings is 1. The standard InChI is InChI=1S/C16H20F2N4O2/c1-21(2)16-19-8-7-14(20-16)22(3)10-11-5-6-12(23-4)13(9-11)24-15(17)18/h5-9,15H,10H2,1-4H3. The lowest BCUT2D eigenvalue weighted by Gasteiger charge is -2.20. The molecule has 0 spiro atoms. The van der Waals surface area contributed by atoms with Crippen molar-refractivity contribution in [1.29, 1.82) is 0 Å². The van der Waals surface area contributed by atoms with Crippen molar-refractivity contribution in [3.05, 3.63) is 36.0 Å². The van der Waals surface area contributed by atoms with E-state index >= 15 is 0 Å². The van der Waals surface area contributed by atoms with Gasteiger partial charge in [-0.2, -0.15) is 13.8 Å². The molecule has 1 aromatic heterocycles. The summed E-state index contributed by atoms with van der Waals surface area (Å²) in [6.45, 7) is -2.44. The molecule has 0 fully saturated rings. The molecule has 0 atom stereocenters. The summed E-state index contributed by atoms with van der Waals surface area (Å²) in [5.41, 5.74) is 0.791. The van der Waals surface area contributed by atoms with E-state index in [1.165, 1.54) is 13.2 Å². The molecule has 130 valence electrons. The highest BCUT2D eigenvalue weighted by molar-refractivity contribution is 5.46. The summed E-state index contributed by atoms with van der Waals surface area (Å²) >= 11 is 0. The molecular weight excluding hydrogens is 318 g/mol. The first-order valence-corrected chi connectivity index (χ1v) is 7.24. The zero-order chi connectivity index (χ0) is 17.7. The minimum Gasteiger partial charge on any atom is -0.493 e. The Labute approximate surface area is 139 Å². The number of methoxy groups -OCH3 is 1. The van der Waals surface area contributed by atoms with Crippen LogP contribution in [0.2, 0.25) is 0 Å². The monoisotopic (exact) mass is 338 g/mol. The van der Waals surface area contributed by atoms with Crippen molar-refractivity contribution in [2.45, 2.75) is 13.2 Å². The van der Waals surface area contributed by atoms with Crippen molar-refractivity contribution in [2.75, 3.05) is 38.1 Å². The Balaban J connectivity index is 2.19. The fraction of sp³-hybridized carbons (Fsp3) is 0.375. The van der Waals surface area contributed by atoms with E-state index in [1.54, 1.807) is 29.3 Å². The number of rotatable bonds is 7. The Morgan fingerprint density at radius 2 is 1.88 bits per heavy atom. The lowest BCUT2D eigenvalue weighted by molar-refractivity contribution is -0.0512. The van der Waals surface area contributed by atoms with Gasteiger partial charge in [0.05, 0.1) is 7.11 Å². The summed E-state index contributed by atoms with van der Waals surface area (Å²) in [6, 6.07) is 6.72.